The SMILES string of the molecule is C=C(C)C1(O)CCc2ccccc21. The van der Waals surface area contributed by atoms with Crippen LogP contribution in [-0.2, 0) is 12.0 Å². The van der Waals surface area contributed by atoms with Gasteiger partial charge in [-0.05, 0) is 36.5 Å². The first-order chi connectivity index (χ1) is 6.14. The average molecular weight is 174 g/mol. The second-order valence-corrected chi connectivity index (χ2v) is 3.80. The van der Waals surface area contributed by atoms with Crippen LogP contribution in [0, 0.1) is 0 Å². The lowest BCUT2D eigenvalue weighted by atomic mass is 9.90. The van der Waals surface area contributed by atoms with Crippen molar-refractivity contribution in [1.82, 2.24) is 0 Å². The van der Waals surface area contributed by atoms with Crippen LogP contribution in [0.3, 0.4) is 0 Å². The topological polar surface area (TPSA) is 20.2 Å². The largest absolute Gasteiger partial charge is 0.381 e. The highest BCUT2D eigenvalue weighted by molar-refractivity contribution is 5.42. The zero-order valence-corrected chi connectivity index (χ0v) is 7.88. The van der Waals surface area contributed by atoms with Crippen molar-refractivity contribution < 1.29 is 5.11 Å². The van der Waals surface area contributed by atoms with Crippen molar-refractivity contribution in [3.05, 3.63) is 47.5 Å². The Hall–Kier alpha value is -1.08. The fourth-order valence-electron chi connectivity index (χ4n) is 2.04. The summed E-state index contributed by atoms with van der Waals surface area (Å²) in [5.41, 5.74) is 2.38. The summed E-state index contributed by atoms with van der Waals surface area (Å²) in [5, 5.41) is 10.3. The molecule has 1 atom stereocenters. The first kappa shape index (κ1) is 8.52. The maximum Gasteiger partial charge on any atom is 0.111 e. The standard InChI is InChI=1S/C12H14O/c1-9(2)12(13)8-7-10-5-3-4-6-11(10)12/h3-6,13H,1,7-8H2,2H3. The Bertz CT molecular complexity index is 354. The van der Waals surface area contributed by atoms with Gasteiger partial charge in [0.15, 0.2) is 0 Å². The number of aliphatic hydroxyl groups is 1. The monoisotopic (exact) mass is 174 g/mol. The molecule has 0 spiro atoms. The lowest BCUT2D eigenvalue weighted by molar-refractivity contribution is 0.0789. The maximum atomic E-state index is 10.3. The third-order valence-corrected chi connectivity index (χ3v) is 2.93. The minimum absolute atomic E-state index is 0.767. The number of hydrogen-bond donors (Lipinski definition) is 1. The number of hydrogen-bond acceptors (Lipinski definition) is 1. The molecule has 0 heterocycles. The number of fused-ring (bicyclic) bond motifs is 1. The van der Waals surface area contributed by atoms with E-state index in [0.717, 1.165) is 24.0 Å². The van der Waals surface area contributed by atoms with Gasteiger partial charge < -0.3 is 5.11 Å². The number of aryl methyl sites for hydroxylation is 1. The zero-order chi connectivity index (χ0) is 9.47. The van der Waals surface area contributed by atoms with Crippen molar-refractivity contribution in [3.8, 4) is 0 Å². The van der Waals surface area contributed by atoms with Gasteiger partial charge in [-0.25, -0.2) is 0 Å². The summed E-state index contributed by atoms with van der Waals surface area (Å²) < 4.78 is 0. The molecule has 0 amide bonds. The van der Waals surface area contributed by atoms with Gasteiger partial charge in [-0.1, -0.05) is 30.8 Å². The molecule has 1 heteroatoms. The molecular formula is C12H14O. The molecule has 68 valence electrons. The molecule has 1 nitrogen and oxygen atoms in total. The van der Waals surface area contributed by atoms with Gasteiger partial charge in [0.2, 0.25) is 0 Å². The minimum atomic E-state index is -0.767. The van der Waals surface area contributed by atoms with Crippen LogP contribution in [0.4, 0.5) is 0 Å². The van der Waals surface area contributed by atoms with Crippen LogP contribution >= 0.6 is 0 Å². The molecule has 1 unspecified atom stereocenters. The van der Waals surface area contributed by atoms with E-state index >= 15 is 0 Å². The Labute approximate surface area is 78.7 Å². The van der Waals surface area contributed by atoms with Gasteiger partial charge in [0.05, 0.1) is 0 Å². The van der Waals surface area contributed by atoms with Gasteiger partial charge in [0.1, 0.15) is 5.60 Å². The molecule has 0 bridgehead atoms. The molecule has 1 aromatic rings. The minimum Gasteiger partial charge on any atom is -0.381 e. The Morgan fingerprint density at radius 1 is 1.46 bits per heavy atom. The fourth-order valence-corrected chi connectivity index (χ4v) is 2.04. The summed E-state index contributed by atoms with van der Waals surface area (Å²) in [4.78, 5) is 0. The Morgan fingerprint density at radius 2 is 2.15 bits per heavy atom. The van der Waals surface area contributed by atoms with Crippen LogP contribution in [0.1, 0.15) is 24.5 Å². The second-order valence-electron chi connectivity index (χ2n) is 3.80. The molecule has 0 fully saturated rings. The van der Waals surface area contributed by atoms with E-state index in [2.05, 4.69) is 12.6 Å². The first-order valence-corrected chi connectivity index (χ1v) is 4.61. The second kappa shape index (κ2) is 2.71. The van der Waals surface area contributed by atoms with Gasteiger partial charge in [0, 0.05) is 0 Å². The van der Waals surface area contributed by atoms with E-state index in [1.165, 1.54) is 5.56 Å². The van der Waals surface area contributed by atoms with E-state index in [9.17, 15) is 5.11 Å². The van der Waals surface area contributed by atoms with E-state index < -0.39 is 5.60 Å². The molecule has 0 radical (unpaired) electrons. The Kier molecular flexibility index (Phi) is 1.77. The molecule has 0 saturated heterocycles. The molecule has 1 aliphatic carbocycles. The van der Waals surface area contributed by atoms with Gasteiger partial charge >= 0.3 is 0 Å². The summed E-state index contributed by atoms with van der Waals surface area (Å²) >= 11 is 0. The summed E-state index contributed by atoms with van der Waals surface area (Å²) in [6.45, 7) is 5.75. The lowest BCUT2D eigenvalue weighted by Gasteiger charge is -2.24. The summed E-state index contributed by atoms with van der Waals surface area (Å²) in [6.07, 6.45) is 1.74. The third kappa shape index (κ3) is 1.11. The molecule has 1 N–H and O–H groups in total. The number of rotatable bonds is 1. The lowest BCUT2D eigenvalue weighted by Crippen LogP contribution is -2.22. The zero-order valence-electron chi connectivity index (χ0n) is 7.88. The molecule has 0 saturated carbocycles. The van der Waals surface area contributed by atoms with Crippen LogP contribution in [-0.4, -0.2) is 5.11 Å². The van der Waals surface area contributed by atoms with Gasteiger partial charge in [-0.2, -0.15) is 0 Å². The summed E-state index contributed by atoms with van der Waals surface area (Å²) in [5.74, 6) is 0. The van der Waals surface area contributed by atoms with E-state index in [-0.39, 0.29) is 0 Å². The molecule has 1 aliphatic rings. The summed E-state index contributed by atoms with van der Waals surface area (Å²) in [6, 6.07) is 8.06. The highest BCUT2D eigenvalue weighted by atomic mass is 16.3. The van der Waals surface area contributed by atoms with Crippen molar-refractivity contribution >= 4 is 0 Å². The van der Waals surface area contributed by atoms with E-state index in [0.29, 0.717) is 0 Å². The van der Waals surface area contributed by atoms with Crippen LogP contribution in [0.15, 0.2) is 36.4 Å². The fraction of sp³-hybridized carbons (Fsp3) is 0.333. The van der Waals surface area contributed by atoms with Crippen molar-refractivity contribution in [2.45, 2.75) is 25.4 Å². The van der Waals surface area contributed by atoms with Crippen molar-refractivity contribution in [1.29, 1.82) is 0 Å². The molecule has 0 aromatic heterocycles. The van der Waals surface area contributed by atoms with E-state index in [1.54, 1.807) is 0 Å². The predicted molar refractivity (Wildman–Crippen MR) is 53.5 cm³/mol. The molecule has 0 aliphatic heterocycles. The van der Waals surface area contributed by atoms with Crippen molar-refractivity contribution in [2.24, 2.45) is 0 Å². The quantitative estimate of drug-likeness (QED) is 0.648. The van der Waals surface area contributed by atoms with Gasteiger partial charge in [-0.3, -0.25) is 0 Å². The van der Waals surface area contributed by atoms with E-state index in [1.807, 2.05) is 25.1 Å². The van der Waals surface area contributed by atoms with Crippen LogP contribution in [0.5, 0.6) is 0 Å². The predicted octanol–water partition coefficient (Wildman–Crippen LogP) is 2.40. The normalized spacial score (nSPS) is 25.7. The highest BCUT2D eigenvalue weighted by Gasteiger charge is 2.36. The average Bonchev–Trinajstić information content (AvgIpc) is 2.47. The Morgan fingerprint density at radius 3 is 2.85 bits per heavy atom. The third-order valence-electron chi connectivity index (χ3n) is 2.93. The van der Waals surface area contributed by atoms with Gasteiger partial charge in [-0.15, -0.1) is 0 Å². The van der Waals surface area contributed by atoms with Crippen LogP contribution in [0.2, 0.25) is 0 Å². The van der Waals surface area contributed by atoms with E-state index in [4.69, 9.17) is 0 Å². The van der Waals surface area contributed by atoms with Crippen molar-refractivity contribution in [3.63, 3.8) is 0 Å². The van der Waals surface area contributed by atoms with Crippen LogP contribution in [0.25, 0.3) is 0 Å². The smallest absolute Gasteiger partial charge is 0.111 e. The maximum absolute atomic E-state index is 10.3. The molecule has 13 heavy (non-hydrogen) atoms. The first-order valence-electron chi connectivity index (χ1n) is 4.61. The molecule has 2 rings (SSSR count). The van der Waals surface area contributed by atoms with Crippen LogP contribution < -0.4 is 0 Å². The highest BCUT2D eigenvalue weighted by Crippen LogP contribution is 2.40. The summed E-state index contributed by atoms with van der Waals surface area (Å²) in [7, 11) is 0. The molecular weight excluding hydrogens is 160 g/mol. The Balaban J connectivity index is 2.55. The van der Waals surface area contributed by atoms with Crippen molar-refractivity contribution in [2.75, 3.05) is 0 Å². The number of benzene rings is 1. The molecule has 1 aromatic carbocycles. The van der Waals surface area contributed by atoms with Gasteiger partial charge in [0.25, 0.3) is 0 Å².